The minimum atomic E-state index is -5.82. The molecule has 0 radical (unpaired) electrons. The van der Waals surface area contributed by atoms with E-state index in [2.05, 4.69) is 12.5 Å². The van der Waals surface area contributed by atoms with E-state index in [1.54, 1.807) is 88.4 Å². The number of esters is 1. The van der Waals surface area contributed by atoms with Crippen LogP contribution in [0.1, 0.15) is 84.3 Å². The van der Waals surface area contributed by atoms with Crippen molar-refractivity contribution in [2.45, 2.75) is 108 Å². The zero-order valence-electron chi connectivity index (χ0n) is 66.3. The molecule has 0 saturated heterocycles. The number of aromatic carboxylic acids is 1. The maximum Gasteiger partial charge on any atom is 0.523 e. The molecular formula is C83H76F6O32S3. The van der Waals surface area contributed by atoms with Gasteiger partial charge in [-0.2, -0.15) is 57.6 Å². The Labute approximate surface area is 698 Å². The van der Waals surface area contributed by atoms with Crippen LogP contribution in [0.5, 0.6) is 28.7 Å². The number of carbonyl (C=O) groups is 2. The van der Waals surface area contributed by atoms with Gasteiger partial charge in [0, 0.05) is 36.8 Å². The Morgan fingerprint density at radius 3 is 1.26 bits per heavy atom. The maximum atomic E-state index is 14.6. The van der Waals surface area contributed by atoms with Crippen LogP contribution in [0.3, 0.4) is 0 Å². The summed E-state index contributed by atoms with van der Waals surface area (Å²) in [5, 5.41) is 19.2. The highest BCUT2D eigenvalue weighted by molar-refractivity contribution is 7.87. The number of hydrogen-bond donors (Lipinski definition) is 2. The van der Waals surface area contributed by atoms with Gasteiger partial charge >= 0.3 is 39.9 Å². The predicted octanol–water partition coefficient (Wildman–Crippen LogP) is 13.3. The third-order valence-electron chi connectivity index (χ3n) is 16.3. The van der Waals surface area contributed by atoms with Crippen LogP contribution < -0.4 is 46.1 Å². The van der Waals surface area contributed by atoms with Crippen LogP contribution in [0.15, 0.2) is 232 Å². The zero-order chi connectivity index (χ0) is 91.8. The van der Waals surface area contributed by atoms with Crippen molar-refractivity contribution >= 4 is 109 Å². The Morgan fingerprint density at radius 1 is 0.452 bits per heavy atom. The van der Waals surface area contributed by atoms with Crippen LogP contribution in [0, 0.1) is 20.8 Å². The van der Waals surface area contributed by atoms with Gasteiger partial charge in [-0.25, -0.2) is 22.8 Å². The molecule has 7 aromatic carbocycles. The molecule has 41 heteroatoms. The molecule has 5 heterocycles. The summed E-state index contributed by atoms with van der Waals surface area (Å²) < 4.78 is 214. The third-order valence-corrected chi connectivity index (χ3v) is 20.0. The fourth-order valence-corrected chi connectivity index (χ4v) is 12.8. The monoisotopic (exact) mass is 1790 g/mol. The SMILES string of the molecule is CCC(COS(=O)(=O)c1ccc(C)cc1)OS(=O)(=O)C(F)(F)F.CCC([18F])COS(=O)(=O)c1ccc(C)cc1.CCOC(=O)c1cc(=O)c2c(OCC([18F])COc3cccc4oc(CC)cc(=O)c34)cccc2o1.Cc1cc(=O)c2c(O)cccc2o1.O=C(O)c1cc(=O)c2c(OCC([18F])COc3cccc4occc(=O)c34)cccc2o1.O=C=O.O=C=O. The number of hydrogen-bond acceptors (Lipinski definition) is 31. The molecule has 12 aromatic rings. The fourth-order valence-electron chi connectivity index (χ4n) is 10.3. The second-order valence-corrected chi connectivity index (χ2v) is 30.1. The molecule has 0 fully saturated rings. The zero-order valence-corrected chi connectivity index (χ0v) is 68.7. The van der Waals surface area contributed by atoms with Gasteiger partial charge in [0.25, 0.3) is 20.2 Å². The van der Waals surface area contributed by atoms with Crippen molar-refractivity contribution in [2.75, 3.05) is 46.2 Å². The Hall–Kier alpha value is -13.4. The molecule has 0 spiro atoms. The van der Waals surface area contributed by atoms with Crippen molar-refractivity contribution in [2.24, 2.45) is 0 Å². The number of halogens is 6. The summed E-state index contributed by atoms with van der Waals surface area (Å²) >= 11 is 0. The third kappa shape index (κ3) is 28.6. The Bertz CT molecular complexity index is 6420. The molecule has 12 rings (SSSR count). The fraction of sp³-hybridized carbons (Fsp3) is 0.265. The number of alkyl halides is 6. The van der Waals surface area contributed by atoms with Gasteiger partial charge in [-0.05, 0) is 125 Å². The van der Waals surface area contributed by atoms with Crippen molar-refractivity contribution in [3.63, 3.8) is 0 Å². The number of phenolic OH excluding ortho intramolecular Hbond substituents is 1. The number of ether oxygens (including phenoxy) is 5. The first kappa shape index (κ1) is 99.4. The lowest BCUT2D eigenvalue weighted by atomic mass is 10.2. The van der Waals surface area contributed by atoms with Crippen molar-refractivity contribution in [3.05, 3.63) is 261 Å². The maximum absolute atomic E-state index is 14.6. The number of aromatic hydroxyl groups is 1. The Kier molecular flexibility index (Phi) is 37.3. The summed E-state index contributed by atoms with van der Waals surface area (Å²) in [7, 11) is -13.9. The standard InChI is InChI=1S/C26H23FO8.C22H15FO8.C12H15F3O6S2.C11H15FO3S.C10H8O3.2CO2/c1-3-16-11-17(28)24-19(7-5-9-21(24)34-16)32-13-15(27)14-33-20-8-6-10-22-25(20)18(29)12-23(35-22)26(30)31-4-2;23-12(10-29-16-4-1-3-15-20(16)13(24)7-8-28-15)11-30-17-5-2-6-18-21(17)14(25)9-19(31-18)22(26)27;1-3-10(21-23(18,19)12(13,14)15)8-20-22(16,17)11-6-4-9(2)5-7-11;1-3-10(12)8-15-16(13,14)11-6-4-9(2)5-7-11;1-6-5-8(12)10-7(11)3-2-4-9(10)13-6;2*2-1-3/h5-12,15H,3-4,13-14H2,1-2H3;1-9,12H,10-11H2,(H,26,27);4-7,10H,3,8H2,1-2H3;4-7,10H,3,8H2,1-2H3;2-5,11H,1H3;;/i27-1;23-1;;12-1;;;. The molecule has 0 aliphatic heterocycles. The number of phenols is 1. The summed E-state index contributed by atoms with van der Waals surface area (Å²) in [5.41, 5.74) is -4.54. The highest BCUT2D eigenvalue weighted by Crippen LogP contribution is 2.31. The number of carboxylic acid groups (broad SMARTS) is 1. The van der Waals surface area contributed by atoms with E-state index in [1.807, 2.05) is 13.8 Å². The van der Waals surface area contributed by atoms with Gasteiger partial charge in [0.15, 0.2) is 39.5 Å². The lowest BCUT2D eigenvalue weighted by Gasteiger charge is -2.17. The van der Waals surface area contributed by atoms with Gasteiger partial charge in [0.1, 0.15) is 134 Å². The average molecular weight is 1790 g/mol. The highest BCUT2D eigenvalue weighted by atomic mass is 32.2. The molecule has 4 unspecified atom stereocenters. The summed E-state index contributed by atoms with van der Waals surface area (Å²) in [5.74, 6) is -1.28. The molecule has 660 valence electrons. The van der Waals surface area contributed by atoms with E-state index in [9.17, 15) is 90.3 Å². The summed E-state index contributed by atoms with van der Waals surface area (Å²) in [6.45, 7) is 8.95. The van der Waals surface area contributed by atoms with E-state index in [1.165, 1.54) is 110 Å². The van der Waals surface area contributed by atoms with E-state index < -0.39 is 122 Å². The number of fused-ring (bicyclic) bond motifs is 5. The molecule has 32 nitrogen and oxygen atoms in total. The van der Waals surface area contributed by atoms with E-state index in [4.69, 9.17) is 70.1 Å². The topological polar surface area (TPSA) is 470 Å². The first-order valence-electron chi connectivity index (χ1n) is 36.4. The lowest BCUT2D eigenvalue weighted by Crippen LogP contribution is -2.32. The van der Waals surface area contributed by atoms with Crippen LogP contribution in [-0.4, -0.2) is 136 Å². The lowest BCUT2D eigenvalue weighted by molar-refractivity contribution is -0.193. The summed E-state index contributed by atoms with van der Waals surface area (Å²) in [4.78, 5) is 116. The van der Waals surface area contributed by atoms with Crippen molar-refractivity contribution < 1.29 is 149 Å². The number of carbonyl (C=O) groups excluding carboxylic acids is 5. The number of benzene rings is 7. The average Bonchev–Trinajstić information content (AvgIpc) is 0.802. The van der Waals surface area contributed by atoms with Gasteiger partial charge < -0.3 is 56.0 Å². The number of aryl methyl sites for hydroxylation is 4. The molecule has 2 N–H and O–H groups in total. The van der Waals surface area contributed by atoms with Crippen LogP contribution >= 0.6 is 0 Å². The minimum absolute atomic E-state index is 0.00674. The van der Waals surface area contributed by atoms with Crippen molar-refractivity contribution in [1.29, 1.82) is 0 Å². The van der Waals surface area contributed by atoms with Crippen LogP contribution in [0.2, 0.25) is 0 Å². The quantitative estimate of drug-likeness (QED) is 0.0199. The van der Waals surface area contributed by atoms with Gasteiger partial charge in [0.05, 0.1) is 35.9 Å². The highest BCUT2D eigenvalue weighted by Gasteiger charge is 2.48. The molecule has 0 amide bonds. The van der Waals surface area contributed by atoms with Crippen molar-refractivity contribution in [3.8, 4) is 28.7 Å². The molecule has 124 heavy (non-hydrogen) atoms. The van der Waals surface area contributed by atoms with E-state index in [0.29, 0.717) is 34.7 Å². The van der Waals surface area contributed by atoms with Gasteiger partial charge in [0.2, 0.25) is 11.5 Å². The largest absolute Gasteiger partial charge is 0.523 e. The Balaban J connectivity index is 0.000000245. The first-order valence-corrected chi connectivity index (χ1v) is 40.6. The molecule has 4 atom stereocenters. The number of rotatable bonds is 28. The summed E-state index contributed by atoms with van der Waals surface area (Å²) in [6.07, 6.45) is -3.62. The number of carboxylic acids is 1. The molecule has 0 saturated carbocycles. The minimum Gasteiger partial charge on any atom is -0.507 e. The van der Waals surface area contributed by atoms with Gasteiger partial charge in [-0.1, -0.05) is 86.5 Å². The second-order valence-electron chi connectivity index (χ2n) is 25.3. The first-order chi connectivity index (χ1) is 58.7. The van der Waals surface area contributed by atoms with Crippen molar-refractivity contribution in [1.82, 2.24) is 0 Å². The summed E-state index contributed by atoms with van der Waals surface area (Å²) in [6, 6.07) is 40.9. The van der Waals surface area contributed by atoms with Crippen LogP contribution in [0.4, 0.5) is 26.3 Å². The molecule has 0 aliphatic carbocycles. The molecule has 0 aliphatic rings. The smallest absolute Gasteiger partial charge is 0.507 e. The van der Waals surface area contributed by atoms with Gasteiger partial charge in [-0.15, -0.1) is 0 Å². The van der Waals surface area contributed by atoms with E-state index >= 15 is 0 Å². The second kappa shape index (κ2) is 46.6. The van der Waals surface area contributed by atoms with Crippen LogP contribution in [0.25, 0.3) is 54.8 Å². The van der Waals surface area contributed by atoms with Gasteiger partial charge in [-0.3, -0.25) is 36.5 Å². The molecular weight excluding hydrogens is 1720 g/mol. The predicted molar refractivity (Wildman–Crippen MR) is 427 cm³/mol. The molecule has 0 bridgehead atoms. The molecule has 5 aromatic heterocycles. The normalized spacial score (nSPS) is 12.1. The van der Waals surface area contributed by atoms with Crippen LogP contribution in [-0.2, 0) is 73.2 Å². The van der Waals surface area contributed by atoms with E-state index in [0.717, 1.165) is 23.3 Å². The van der Waals surface area contributed by atoms with E-state index in [-0.39, 0.29) is 137 Å². The Morgan fingerprint density at radius 2 is 0.839 bits per heavy atom.